The van der Waals surface area contributed by atoms with Gasteiger partial charge in [0.15, 0.2) is 0 Å². The van der Waals surface area contributed by atoms with Crippen LogP contribution in [0.25, 0.3) is 0 Å². The van der Waals surface area contributed by atoms with E-state index in [1.165, 1.54) is 30.1 Å². The van der Waals surface area contributed by atoms with Gasteiger partial charge in [-0.15, -0.1) is 0 Å². The molecule has 1 aliphatic rings. The van der Waals surface area contributed by atoms with Crippen LogP contribution in [-0.4, -0.2) is 28.5 Å². The highest BCUT2D eigenvalue weighted by Crippen LogP contribution is 2.38. The fourth-order valence-corrected chi connectivity index (χ4v) is 4.17. The Labute approximate surface area is 139 Å². The summed E-state index contributed by atoms with van der Waals surface area (Å²) in [5.41, 5.74) is 1.31. The van der Waals surface area contributed by atoms with Crippen LogP contribution < -0.4 is 14.5 Å². The Bertz CT molecular complexity index is 881. The van der Waals surface area contributed by atoms with E-state index in [9.17, 15) is 13.2 Å². The van der Waals surface area contributed by atoms with E-state index in [1.54, 1.807) is 31.3 Å². The van der Waals surface area contributed by atoms with Gasteiger partial charge in [-0.25, -0.2) is 13.2 Å². The Morgan fingerprint density at radius 1 is 1.09 bits per heavy atom. The number of nitrogens with zero attached hydrogens (tertiary/aromatic N) is 2. The molecule has 0 aromatic heterocycles. The highest BCUT2D eigenvalue weighted by molar-refractivity contribution is 7.94. The summed E-state index contributed by atoms with van der Waals surface area (Å²) >= 11 is 5.83. The molecule has 0 saturated carbocycles. The van der Waals surface area contributed by atoms with Crippen molar-refractivity contribution >= 4 is 44.7 Å². The van der Waals surface area contributed by atoms with Crippen LogP contribution >= 0.6 is 11.6 Å². The van der Waals surface area contributed by atoms with Crippen LogP contribution in [0.4, 0.5) is 21.9 Å². The van der Waals surface area contributed by atoms with Crippen molar-refractivity contribution in [1.82, 2.24) is 0 Å². The van der Waals surface area contributed by atoms with Crippen molar-refractivity contribution < 1.29 is 13.2 Å². The molecule has 1 heterocycles. The lowest BCUT2D eigenvalue weighted by atomic mass is 10.2. The van der Waals surface area contributed by atoms with Crippen LogP contribution in [0.2, 0.25) is 5.02 Å². The van der Waals surface area contributed by atoms with E-state index in [4.69, 9.17) is 11.6 Å². The van der Waals surface area contributed by atoms with E-state index in [-0.39, 0.29) is 10.6 Å². The standard InChI is InChI=1S/C15H14ClN3O3S/c1-17-11-5-8-14-13(9-11)18(2)15(20)19(23(14,21)22)12-6-3-10(16)4-7-12/h3-9,17H,1-2H3. The van der Waals surface area contributed by atoms with Gasteiger partial charge in [0.2, 0.25) is 0 Å². The minimum absolute atomic E-state index is 0.0774. The van der Waals surface area contributed by atoms with Crippen molar-refractivity contribution in [3.63, 3.8) is 0 Å². The number of hydrogen-bond donors (Lipinski definition) is 1. The lowest BCUT2D eigenvalue weighted by molar-refractivity contribution is 0.255. The second kappa shape index (κ2) is 5.43. The van der Waals surface area contributed by atoms with Crippen molar-refractivity contribution in [2.75, 3.05) is 28.6 Å². The summed E-state index contributed by atoms with van der Waals surface area (Å²) in [7, 11) is -0.722. The first kappa shape index (κ1) is 15.6. The number of sulfonamides is 1. The third kappa shape index (κ3) is 2.42. The minimum atomic E-state index is -3.98. The van der Waals surface area contributed by atoms with Crippen LogP contribution in [0.3, 0.4) is 0 Å². The second-order valence-corrected chi connectivity index (χ2v) is 7.21. The first-order valence-corrected chi connectivity index (χ1v) is 8.58. The summed E-state index contributed by atoms with van der Waals surface area (Å²) in [4.78, 5) is 14.0. The molecule has 0 aliphatic carbocycles. The number of rotatable bonds is 2. The smallest absolute Gasteiger partial charge is 0.342 e. The molecule has 23 heavy (non-hydrogen) atoms. The van der Waals surface area contributed by atoms with Crippen molar-refractivity contribution in [1.29, 1.82) is 0 Å². The molecular formula is C15H14ClN3O3S. The Kier molecular flexibility index (Phi) is 3.69. The summed E-state index contributed by atoms with van der Waals surface area (Å²) in [6.07, 6.45) is 0. The van der Waals surface area contributed by atoms with Gasteiger partial charge in [-0.3, -0.25) is 4.90 Å². The number of anilines is 3. The Balaban J connectivity index is 2.21. The first-order valence-electron chi connectivity index (χ1n) is 6.76. The van der Waals surface area contributed by atoms with E-state index in [1.807, 2.05) is 0 Å². The fourth-order valence-electron chi connectivity index (χ4n) is 2.42. The molecule has 0 atom stereocenters. The van der Waals surface area contributed by atoms with Gasteiger partial charge in [-0.2, -0.15) is 4.31 Å². The third-order valence-corrected chi connectivity index (χ3v) is 5.65. The number of hydrogen-bond acceptors (Lipinski definition) is 4. The number of carbonyl (C=O) groups is 1. The van der Waals surface area contributed by atoms with Crippen LogP contribution in [0, 0.1) is 0 Å². The van der Waals surface area contributed by atoms with Crippen LogP contribution in [-0.2, 0) is 10.0 Å². The highest BCUT2D eigenvalue weighted by atomic mass is 35.5. The predicted octanol–water partition coefficient (Wildman–Crippen LogP) is 3.15. The van der Waals surface area contributed by atoms with E-state index in [2.05, 4.69) is 5.32 Å². The zero-order valence-electron chi connectivity index (χ0n) is 12.4. The Morgan fingerprint density at radius 2 is 1.74 bits per heavy atom. The monoisotopic (exact) mass is 351 g/mol. The molecule has 0 saturated heterocycles. The number of nitrogens with one attached hydrogen (secondary N) is 1. The zero-order chi connectivity index (χ0) is 16.8. The molecule has 2 aromatic carbocycles. The number of benzene rings is 2. The van der Waals surface area contributed by atoms with Gasteiger partial charge in [0.05, 0.1) is 11.4 Å². The number of carbonyl (C=O) groups excluding carboxylic acids is 1. The maximum atomic E-state index is 12.9. The quantitative estimate of drug-likeness (QED) is 0.902. The van der Waals surface area contributed by atoms with Gasteiger partial charge in [0.25, 0.3) is 10.0 Å². The van der Waals surface area contributed by atoms with Crippen LogP contribution in [0.15, 0.2) is 47.4 Å². The molecule has 0 unspecified atom stereocenters. The van der Waals surface area contributed by atoms with Crippen molar-refractivity contribution in [2.45, 2.75) is 4.90 Å². The molecule has 8 heteroatoms. The molecule has 1 N–H and O–H groups in total. The Hall–Kier alpha value is -2.25. The fraction of sp³-hybridized carbons (Fsp3) is 0.133. The summed E-state index contributed by atoms with van der Waals surface area (Å²) in [5.74, 6) is 0. The molecule has 6 nitrogen and oxygen atoms in total. The molecule has 0 fully saturated rings. The molecule has 120 valence electrons. The normalized spacial score (nSPS) is 16.2. The second-order valence-electron chi connectivity index (χ2n) is 5.02. The summed E-state index contributed by atoms with van der Waals surface area (Å²) in [5, 5.41) is 3.39. The molecule has 2 amide bonds. The maximum Gasteiger partial charge on any atom is 0.342 e. The lowest BCUT2D eigenvalue weighted by Crippen LogP contribution is -2.49. The molecule has 0 radical (unpaired) electrons. The highest BCUT2D eigenvalue weighted by Gasteiger charge is 2.41. The Morgan fingerprint density at radius 3 is 2.35 bits per heavy atom. The van der Waals surface area contributed by atoms with Gasteiger partial charge in [0.1, 0.15) is 4.90 Å². The molecule has 0 spiro atoms. The third-order valence-electron chi connectivity index (χ3n) is 3.65. The molecule has 0 bridgehead atoms. The van der Waals surface area contributed by atoms with Crippen LogP contribution in [0.1, 0.15) is 0 Å². The first-order chi connectivity index (χ1) is 10.9. The predicted molar refractivity (Wildman–Crippen MR) is 90.9 cm³/mol. The molecule has 3 rings (SSSR count). The average molecular weight is 352 g/mol. The summed E-state index contributed by atoms with van der Waals surface area (Å²) < 4.78 is 26.5. The van der Waals surface area contributed by atoms with Gasteiger partial charge >= 0.3 is 6.03 Å². The maximum absolute atomic E-state index is 12.9. The summed E-state index contributed by atoms with van der Waals surface area (Å²) in [6, 6.07) is 10.2. The van der Waals surface area contributed by atoms with Gasteiger partial charge in [-0.1, -0.05) is 11.6 Å². The average Bonchev–Trinajstić information content (AvgIpc) is 2.54. The number of amides is 2. The summed E-state index contributed by atoms with van der Waals surface area (Å²) in [6.45, 7) is 0. The molecule has 1 aliphatic heterocycles. The molecular weight excluding hydrogens is 338 g/mol. The van der Waals surface area contributed by atoms with Gasteiger partial charge < -0.3 is 5.32 Å². The number of fused-ring (bicyclic) bond motifs is 1. The van der Waals surface area contributed by atoms with Gasteiger partial charge in [-0.05, 0) is 42.5 Å². The van der Waals surface area contributed by atoms with Gasteiger partial charge in [0, 0.05) is 24.8 Å². The van der Waals surface area contributed by atoms with Crippen molar-refractivity contribution in [3.05, 3.63) is 47.5 Å². The topological polar surface area (TPSA) is 69.7 Å². The SMILES string of the molecule is CNc1ccc2c(c1)N(C)C(=O)N(c1ccc(Cl)cc1)S2(=O)=O. The zero-order valence-corrected chi connectivity index (χ0v) is 14.0. The number of urea groups is 1. The van der Waals surface area contributed by atoms with Crippen molar-refractivity contribution in [3.8, 4) is 0 Å². The molecule has 2 aromatic rings. The van der Waals surface area contributed by atoms with E-state index >= 15 is 0 Å². The largest absolute Gasteiger partial charge is 0.388 e. The van der Waals surface area contributed by atoms with Crippen molar-refractivity contribution in [2.24, 2.45) is 0 Å². The minimum Gasteiger partial charge on any atom is -0.388 e. The van der Waals surface area contributed by atoms with E-state index in [0.29, 0.717) is 10.7 Å². The number of halogens is 1. The lowest BCUT2D eigenvalue weighted by Gasteiger charge is -2.34. The van der Waals surface area contributed by atoms with E-state index in [0.717, 1.165) is 9.99 Å². The van der Waals surface area contributed by atoms with E-state index < -0.39 is 16.1 Å². The van der Waals surface area contributed by atoms with Crippen LogP contribution in [0.5, 0.6) is 0 Å².